The number of hydrogen-bond acceptors (Lipinski definition) is 3. The highest BCUT2D eigenvalue weighted by molar-refractivity contribution is 4.76. The molecule has 1 heterocycles. The van der Waals surface area contributed by atoms with Crippen LogP contribution in [0.15, 0.2) is 4.79 Å². The van der Waals surface area contributed by atoms with Crippen molar-refractivity contribution in [1.82, 2.24) is 20.2 Å². The maximum atomic E-state index is 11.2. The molecule has 0 spiro atoms. The zero-order valence-electron chi connectivity index (χ0n) is 7.73. The molecule has 1 aliphatic carbocycles. The first-order chi connectivity index (χ1) is 6.29. The Kier molecular flexibility index (Phi) is 2.16. The van der Waals surface area contributed by atoms with Crippen LogP contribution < -0.4 is 5.69 Å². The zero-order chi connectivity index (χ0) is 9.26. The summed E-state index contributed by atoms with van der Waals surface area (Å²) in [5.41, 5.74) is -0.182. The van der Waals surface area contributed by atoms with E-state index >= 15 is 0 Å². The Labute approximate surface area is 76.1 Å². The molecule has 1 aliphatic rings. The second kappa shape index (κ2) is 3.32. The lowest BCUT2D eigenvalue weighted by Crippen LogP contribution is -2.30. The summed E-state index contributed by atoms with van der Waals surface area (Å²) in [6.45, 7) is 2.17. The highest BCUT2D eigenvalue weighted by Gasteiger charge is 2.25. The van der Waals surface area contributed by atoms with Gasteiger partial charge in [0.2, 0.25) is 0 Å². The number of nitrogens with zero attached hydrogens (tertiary/aromatic N) is 3. The summed E-state index contributed by atoms with van der Waals surface area (Å²) in [5.74, 6) is 0.538. The summed E-state index contributed by atoms with van der Waals surface area (Å²) in [6.07, 6.45) is 4.69. The van der Waals surface area contributed by atoms with Gasteiger partial charge in [0.25, 0.3) is 0 Å². The first-order valence-corrected chi connectivity index (χ1v) is 4.79. The number of rotatable bonds is 1. The van der Waals surface area contributed by atoms with E-state index in [0.29, 0.717) is 5.92 Å². The van der Waals surface area contributed by atoms with Crippen LogP contribution in [0.3, 0.4) is 0 Å². The Hall–Kier alpha value is -1.13. The van der Waals surface area contributed by atoms with Crippen molar-refractivity contribution in [2.45, 2.75) is 38.6 Å². The molecular formula is C8H14N4O. The van der Waals surface area contributed by atoms with E-state index in [1.807, 2.05) is 0 Å². The maximum Gasteiger partial charge on any atom is 0.361 e. The molecule has 5 nitrogen and oxygen atoms in total. The lowest BCUT2D eigenvalue weighted by Gasteiger charge is -2.27. The van der Waals surface area contributed by atoms with Gasteiger partial charge in [-0.2, -0.15) is 4.68 Å². The zero-order valence-corrected chi connectivity index (χ0v) is 7.73. The van der Waals surface area contributed by atoms with Gasteiger partial charge in [-0.3, -0.25) is 0 Å². The molecule has 0 aromatic carbocycles. The van der Waals surface area contributed by atoms with Gasteiger partial charge < -0.3 is 0 Å². The summed E-state index contributed by atoms with van der Waals surface area (Å²) >= 11 is 0. The fourth-order valence-electron chi connectivity index (χ4n) is 2.08. The number of H-pyrrole nitrogens is 1. The summed E-state index contributed by atoms with van der Waals surface area (Å²) in [6, 6.07) is 0.250. The van der Waals surface area contributed by atoms with Crippen LogP contribution in [0.1, 0.15) is 38.6 Å². The van der Waals surface area contributed by atoms with Crippen LogP contribution >= 0.6 is 0 Å². The van der Waals surface area contributed by atoms with Crippen molar-refractivity contribution >= 4 is 0 Å². The van der Waals surface area contributed by atoms with E-state index in [0.717, 1.165) is 6.42 Å². The van der Waals surface area contributed by atoms with Gasteiger partial charge in [-0.05, 0) is 29.2 Å². The van der Waals surface area contributed by atoms with Crippen molar-refractivity contribution in [3.63, 3.8) is 0 Å². The van der Waals surface area contributed by atoms with Crippen molar-refractivity contribution in [2.24, 2.45) is 5.92 Å². The number of hydrogen-bond donors (Lipinski definition) is 1. The van der Waals surface area contributed by atoms with Gasteiger partial charge in [-0.25, -0.2) is 9.89 Å². The fourth-order valence-corrected chi connectivity index (χ4v) is 2.08. The number of aromatic nitrogens is 4. The molecule has 0 aliphatic heterocycles. The number of tetrazole rings is 1. The van der Waals surface area contributed by atoms with E-state index < -0.39 is 0 Å². The number of nitrogens with one attached hydrogen (secondary N) is 1. The predicted molar refractivity (Wildman–Crippen MR) is 47.3 cm³/mol. The summed E-state index contributed by atoms with van der Waals surface area (Å²) in [7, 11) is 0. The second-order valence-corrected chi connectivity index (χ2v) is 3.78. The van der Waals surface area contributed by atoms with Gasteiger partial charge in [0.05, 0.1) is 6.04 Å². The standard InChI is InChI=1S/C8H14N4O/c1-6-4-2-3-5-7(6)12-8(13)9-10-11-12/h6-7H,2-5H2,1H3,(H,9,11,13). The molecule has 5 heteroatoms. The molecule has 1 aromatic rings. The molecule has 2 atom stereocenters. The summed E-state index contributed by atoms with van der Waals surface area (Å²) in [5, 5.41) is 9.63. The quantitative estimate of drug-likeness (QED) is 0.696. The van der Waals surface area contributed by atoms with Crippen molar-refractivity contribution in [1.29, 1.82) is 0 Å². The smallest absolute Gasteiger partial charge is 0.245 e. The minimum absolute atomic E-state index is 0.182. The van der Waals surface area contributed by atoms with Crippen molar-refractivity contribution < 1.29 is 0 Å². The molecule has 1 saturated carbocycles. The normalized spacial score (nSPS) is 29.0. The Balaban J connectivity index is 2.24. The van der Waals surface area contributed by atoms with Gasteiger partial charge in [0.1, 0.15) is 0 Å². The third-order valence-corrected chi connectivity index (χ3v) is 2.88. The number of aromatic amines is 1. The monoisotopic (exact) mass is 182 g/mol. The molecule has 1 aromatic heterocycles. The van der Waals surface area contributed by atoms with E-state index in [-0.39, 0.29) is 11.7 Å². The Morgan fingerprint density at radius 3 is 2.85 bits per heavy atom. The van der Waals surface area contributed by atoms with E-state index in [9.17, 15) is 4.79 Å². The van der Waals surface area contributed by atoms with Crippen LogP contribution in [-0.4, -0.2) is 20.2 Å². The molecule has 0 amide bonds. The minimum Gasteiger partial charge on any atom is -0.245 e. The van der Waals surface area contributed by atoms with Gasteiger partial charge in [-0.15, -0.1) is 0 Å². The second-order valence-electron chi connectivity index (χ2n) is 3.78. The molecule has 2 unspecified atom stereocenters. The molecule has 0 bridgehead atoms. The lowest BCUT2D eigenvalue weighted by atomic mass is 9.86. The first-order valence-electron chi connectivity index (χ1n) is 4.79. The largest absolute Gasteiger partial charge is 0.361 e. The lowest BCUT2D eigenvalue weighted by molar-refractivity contribution is 0.232. The van der Waals surface area contributed by atoms with Crippen molar-refractivity contribution in [3.8, 4) is 0 Å². The van der Waals surface area contributed by atoms with Gasteiger partial charge in [-0.1, -0.05) is 19.8 Å². The molecule has 13 heavy (non-hydrogen) atoms. The van der Waals surface area contributed by atoms with Crippen LogP contribution in [0.4, 0.5) is 0 Å². The van der Waals surface area contributed by atoms with E-state index in [4.69, 9.17) is 0 Å². The van der Waals surface area contributed by atoms with Gasteiger partial charge in [0.15, 0.2) is 0 Å². The molecule has 1 fully saturated rings. The summed E-state index contributed by atoms with van der Waals surface area (Å²) in [4.78, 5) is 11.2. The van der Waals surface area contributed by atoms with Crippen molar-refractivity contribution in [2.75, 3.05) is 0 Å². The average Bonchev–Trinajstić information content (AvgIpc) is 2.52. The van der Waals surface area contributed by atoms with Gasteiger partial charge in [0, 0.05) is 0 Å². The third-order valence-electron chi connectivity index (χ3n) is 2.88. The fraction of sp³-hybridized carbons (Fsp3) is 0.875. The molecule has 2 rings (SSSR count). The maximum absolute atomic E-state index is 11.2. The highest BCUT2D eigenvalue weighted by atomic mass is 16.2. The van der Waals surface area contributed by atoms with E-state index in [1.165, 1.54) is 23.9 Å². The van der Waals surface area contributed by atoms with E-state index in [1.54, 1.807) is 0 Å². The minimum atomic E-state index is -0.182. The SMILES string of the molecule is CC1CCCCC1n1nn[nH]c1=O. The average molecular weight is 182 g/mol. The highest BCUT2D eigenvalue weighted by Crippen LogP contribution is 2.31. The molecule has 72 valence electrons. The molecular weight excluding hydrogens is 168 g/mol. The topological polar surface area (TPSA) is 63.6 Å². The Morgan fingerprint density at radius 2 is 2.23 bits per heavy atom. The van der Waals surface area contributed by atoms with Crippen LogP contribution in [0.2, 0.25) is 0 Å². The first kappa shape index (κ1) is 8.47. The van der Waals surface area contributed by atoms with Crippen LogP contribution in [0.5, 0.6) is 0 Å². The van der Waals surface area contributed by atoms with Gasteiger partial charge >= 0.3 is 5.69 Å². The molecule has 0 radical (unpaired) electrons. The molecule has 1 N–H and O–H groups in total. The summed E-state index contributed by atoms with van der Waals surface area (Å²) < 4.78 is 1.49. The third kappa shape index (κ3) is 1.50. The van der Waals surface area contributed by atoms with Crippen LogP contribution in [0.25, 0.3) is 0 Å². The predicted octanol–water partition coefficient (Wildman–Crippen LogP) is 0.718. The van der Waals surface area contributed by atoms with E-state index in [2.05, 4.69) is 22.4 Å². The van der Waals surface area contributed by atoms with Crippen molar-refractivity contribution in [3.05, 3.63) is 10.5 Å². The van der Waals surface area contributed by atoms with Crippen LogP contribution in [0, 0.1) is 5.92 Å². The Bertz CT molecular complexity index is 329. The Morgan fingerprint density at radius 1 is 1.46 bits per heavy atom. The van der Waals surface area contributed by atoms with Crippen LogP contribution in [-0.2, 0) is 0 Å². The molecule has 0 saturated heterocycles.